The van der Waals surface area contributed by atoms with Crippen molar-refractivity contribution in [2.75, 3.05) is 7.11 Å². The van der Waals surface area contributed by atoms with Gasteiger partial charge in [0, 0.05) is 5.92 Å². The van der Waals surface area contributed by atoms with Crippen LogP contribution in [0, 0.1) is 5.92 Å². The molecule has 2 amide bonds. The molecule has 0 aromatic heterocycles. The lowest BCUT2D eigenvalue weighted by Gasteiger charge is -2.16. The topological polar surface area (TPSA) is 83.9 Å². The van der Waals surface area contributed by atoms with Gasteiger partial charge < -0.3 is 9.84 Å². The molecule has 0 bridgehead atoms. The zero-order chi connectivity index (χ0) is 10.9. The molecule has 0 aromatic carbocycles. The summed E-state index contributed by atoms with van der Waals surface area (Å²) in [5, 5.41) is 8.71. The summed E-state index contributed by atoms with van der Waals surface area (Å²) in [4.78, 5) is 33.7. The molecule has 2 atom stereocenters. The van der Waals surface area contributed by atoms with Crippen molar-refractivity contribution >= 4 is 18.0 Å². The predicted octanol–water partition coefficient (Wildman–Crippen LogP) is 0.0744. The minimum atomic E-state index is -1.41. The number of esters is 1. The first-order valence-corrected chi connectivity index (χ1v) is 4.12. The van der Waals surface area contributed by atoms with Crippen molar-refractivity contribution in [3.8, 4) is 0 Å². The third kappa shape index (κ3) is 1.55. The molecule has 6 nitrogen and oxygen atoms in total. The summed E-state index contributed by atoms with van der Waals surface area (Å²) in [6.07, 6.45) is -1.22. The second kappa shape index (κ2) is 3.65. The lowest BCUT2D eigenvalue weighted by molar-refractivity contribution is -0.148. The second-order valence-corrected chi connectivity index (χ2v) is 3.17. The molecule has 6 heteroatoms. The molecule has 0 radical (unpaired) electrons. The fraction of sp³-hybridized carbons (Fsp3) is 0.625. The molecule has 1 fully saturated rings. The molecule has 14 heavy (non-hydrogen) atoms. The van der Waals surface area contributed by atoms with E-state index in [2.05, 4.69) is 4.74 Å². The Morgan fingerprint density at radius 2 is 2.14 bits per heavy atom. The molecule has 1 aliphatic rings. The summed E-state index contributed by atoms with van der Waals surface area (Å²) in [5.41, 5.74) is 0. The fourth-order valence-electron chi connectivity index (χ4n) is 1.50. The Balaban J connectivity index is 2.91. The van der Waals surface area contributed by atoms with Gasteiger partial charge in [-0.3, -0.25) is 4.79 Å². The Morgan fingerprint density at radius 1 is 1.57 bits per heavy atom. The number of methoxy groups -OCH3 is 1. The van der Waals surface area contributed by atoms with Crippen molar-refractivity contribution < 1.29 is 24.2 Å². The summed E-state index contributed by atoms with van der Waals surface area (Å²) < 4.78 is 4.42. The van der Waals surface area contributed by atoms with E-state index in [1.54, 1.807) is 6.92 Å². The molecule has 78 valence electrons. The van der Waals surface area contributed by atoms with Gasteiger partial charge in [-0.1, -0.05) is 6.92 Å². The highest BCUT2D eigenvalue weighted by atomic mass is 16.5. The number of hydrogen-bond donors (Lipinski definition) is 1. The van der Waals surface area contributed by atoms with Gasteiger partial charge in [0.15, 0.2) is 0 Å². The van der Waals surface area contributed by atoms with Gasteiger partial charge in [-0.15, -0.1) is 0 Å². The Bertz CT molecular complexity index is 287. The van der Waals surface area contributed by atoms with E-state index in [9.17, 15) is 14.4 Å². The van der Waals surface area contributed by atoms with Gasteiger partial charge in [0.25, 0.3) is 0 Å². The Kier molecular flexibility index (Phi) is 2.73. The van der Waals surface area contributed by atoms with E-state index in [0.29, 0.717) is 4.90 Å². The number of likely N-dealkylation sites (tertiary alicyclic amines) is 1. The average molecular weight is 201 g/mol. The number of amides is 2. The third-order valence-corrected chi connectivity index (χ3v) is 2.23. The molecule has 1 heterocycles. The molecule has 1 N–H and O–H groups in total. The summed E-state index contributed by atoms with van der Waals surface area (Å²) in [5.74, 6) is -1.69. The first-order valence-electron chi connectivity index (χ1n) is 4.12. The molecule has 1 rings (SSSR count). The van der Waals surface area contributed by atoms with Crippen molar-refractivity contribution in [2.45, 2.75) is 19.4 Å². The molecule has 1 saturated heterocycles. The highest BCUT2D eigenvalue weighted by molar-refractivity contribution is 5.99. The number of rotatable bonds is 1. The van der Waals surface area contributed by atoms with Crippen molar-refractivity contribution in [1.29, 1.82) is 0 Å². The minimum Gasteiger partial charge on any atom is -0.467 e. The van der Waals surface area contributed by atoms with Crippen LogP contribution in [-0.4, -0.2) is 41.1 Å². The zero-order valence-electron chi connectivity index (χ0n) is 7.89. The summed E-state index contributed by atoms with van der Waals surface area (Å²) >= 11 is 0. The Labute approximate surface area is 80.4 Å². The van der Waals surface area contributed by atoms with E-state index < -0.39 is 29.9 Å². The molecule has 0 aliphatic carbocycles. The molecule has 0 aromatic rings. The molecule has 1 aliphatic heterocycles. The van der Waals surface area contributed by atoms with E-state index >= 15 is 0 Å². The average Bonchev–Trinajstić information content (AvgIpc) is 2.42. The van der Waals surface area contributed by atoms with E-state index in [-0.39, 0.29) is 6.42 Å². The molecule has 0 saturated carbocycles. The maximum atomic E-state index is 11.3. The smallest absolute Gasteiger partial charge is 0.414 e. The third-order valence-electron chi connectivity index (χ3n) is 2.23. The van der Waals surface area contributed by atoms with Crippen LogP contribution < -0.4 is 0 Å². The second-order valence-electron chi connectivity index (χ2n) is 3.17. The number of nitrogens with zero attached hydrogens (tertiary/aromatic N) is 1. The molecular weight excluding hydrogens is 190 g/mol. The van der Waals surface area contributed by atoms with Gasteiger partial charge in [0.2, 0.25) is 5.91 Å². The summed E-state index contributed by atoms with van der Waals surface area (Å²) in [7, 11) is 1.16. The van der Waals surface area contributed by atoms with Crippen LogP contribution in [0.5, 0.6) is 0 Å². The van der Waals surface area contributed by atoms with E-state index in [4.69, 9.17) is 5.11 Å². The van der Waals surface area contributed by atoms with E-state index in [1.165, 1.54) is 0 Å². The molecule has 0 spiro atoms. The van der Waals surface area contributed by atoms with E-state index in [1.807, 2.05) is 0 Å². The van der Waals surface area contributed by atoms with Gasteiger partial charge in [-0.2, -0.15) is 0 Å². The van der Waals surface area contributed by atoms with Crippen LogP contribution in [0.1, 0.15) is 13.3 Å². The number of carbonyl (C=O) groups excluding carboxylic acids is 2. The zero-order valence-corrected chi connectivity index (χ0v) is 7.89. The highest BCUT2D eigenvalue weighted by Crippen LogP contribution is 2.25. The van der Waals surface area contributed by atoms with Gasteiger partial charge in [-0.05, 0) is 6.42 Å². The summed E-state index contributed by atoms with van der Waals surface area (Å²) in [6, 6.07) is -0.986. The Hall–Kier alpha value is -1.59. The normalized spacial score (nSPS) is 26.4. The van der Waals surface area contributed by atoms with Crippen molar-refractivity contribution in [3.05, 3.63) is 0 Å². The molecule has 0 unspecified atom stereocenters. The first kappa shape index (κ1) is 10.5. The summed E-state index contributed by atoms with van der Waals surface area (Å²) in [6.45, 7) is 1.58. The van der Waals surface area contributed by atoms with Crippen LogP contribution in [0.15, 0.2) is 0 Å². The largest absolute Gasteiger partial charge is 0.467 e. The SMILES string of the molecule is COC(=O)[C@@H]1C[C@@H](C)C(=O)N1C(=O)O. The van der Waals surface area contributed by atoms with Crippen LogP contribution in [-0.2, 0) is 14.3 Å². The van der Waals surface area contributed by atoms with Gasteiger partial charge in [0.05, 0.1) is 7.11 Å². The van der Waals surface area contributed by atoms with Gasteiger partial charge in [0.1, 0.15) is 6.04 Å². The number of ether oxygens (including phenoxy) is 1. The van der Waals surface area contributed by atoms with Crippen LogP contribution in [0.4, 0.5) is 4.79 Å². The van der Waals surface area contributed by atoms with Crippen molar-refractivity contribution in [3.63, 3.8) is 0 Å². The number of hydrogen-bond acceptors (Lipinski definition) is 4. The van der Waals surface area contributed by atoms with Crippen LogP contribution in [0.2, 0.25) is 0 Å². The van der Waals surface area contributed by atoms with Crippen LogP contribution in [0.3, 0.4) is 0 Å². The monoisotopic (exact) mass is 201 g/mol. The fourth-order valence-corrected chi connectivity index (χ4v) is 1.50. The van der Waals surface area contributed by atoms with E-state index in [0.717, 1.165) is 7.11 Å². The minimum absolute atomic E-state index is 0.192. The predicted molar refractivity (Wildman–Crippen MR) is 44.5 cm³/mol. The maximum Gasteiger partial charge on any atom is 0.414 e. The highest BCUT2D eigenvalue weighted by Gasteiger charge is 2.45. The number of imide groups is 1. The van der Waals surface area contributed by atoms with Crippen LogP contribution >= 0.6 is 0 Å². The van der Waals surface area contributed by atoms with Crippen molar-refractivity contribution in [1.82, 2.24) is 4.90 Å². The quantitative estimate of drug-likeness (QED) is 0.607. The Morgan fingerprint density at radius 3 is 2.57 bits per heavy atom. The first-order chi connectivity index (χ1) is 6.49. The lowest BCUT2D eigenvalue weighted by atomic mass is 10.1. The standard InChI is InChI=1S/C8H11NO5/c1-4-3-5(7(11)14-2)9(6(4)10)8(12)13/h4-5H,3H2,1-2H3,(H,12,13)/t4-,5+/m1/s1. The maximum absolute atomic E-state index is 11.3. The van der Waals surface area contributed by atoms with Gasteiger partial charge >= 0.3 is 12.1 Å². The number of carboxylic acid groups (broad SMARTS) is 1. The number of carbonyl (C=O) groups is 3. The lowest BCUT2D eigenvalue weighted by Crippen LogP contribution is -2.42. The molecular formula is C8H11NO5. The van der Waals surface area contributed by atoms with Crippen molar-refractivity contribution in [2.24, 2.45) is 5.92 Å². The van der Waals surface area contributed by atoms with Crippen LogP contribution in [0.25, 0.3) is 0 Å². The van der Waals surface area contributed by atoms with Gasteiger partial charge in [-0.25, -0.2) is 14.5 Å².